The van der Waals surface area contributed by atoms with Crippen LogP contribution in [0.1, 0.15) is 16.6 Å². The number of aromatic hydroxyl groups is 1. The first-order valence-corrected chi connectivity index (χ1v) is 7.01. The number of ether oxygens (including phenoxy) is 1. The van der Waals surface area contributed by atoms with Crippen molar-refractivity contribution in [2.24, 2.45) is 0 Å². The van der Waals surface area contributed by atoms with Crippen LogP contribution in [0.2, 0.25) is 0 Å². The zero-order chi connectivity index (χ0) is 15.7. The Bertz CT molecular complexity index is 755. The molecule has 2 N–H and O–H groups in total. The number of hydrogen-bond donors (Lipinski definition) is 2. The summed E-state index contributed by atoms with van der Waals surface area (Å²) in [6.07, 6.45) is 0. The van der Waals surface area contributed by atoms with E-state index in [0.29, 0.717) is 0 Å². The molecule has 2 rings (SSSR count). The highest BCUT2D eigenvalue weighted by Gasteiger charge is 2.25. The highest BCUT2D eigenvalue weighted by Crippen LogP contribution is 2.37. The van der Waals surface area contributed by atoms with Gasteiger partial charge in [-0.2, -0.15) is 0 Å². The Morgan fingerprint density at radius 1 is 1.38 bits per heavy atom. The van der Waals surface area contributed by atoms with Gasteiger partial charge in [0.05, 0.1) is 12.3 Å². The molecular formula is C13H14N2O5S. The van der Waals surface area contributed by atoms with E-state index < -0.39 is 10.9 Å². The van der Waals surface area contributed by atoms with Gasteiger partial charge in [-0.3, -0.25) is 14.4 Å². The largest absolute Gasteiger partial charge is 0.504 e. The summed E-state index contributed by atoms with van der Waals surface area (Å²) in [7, 11) is 3.14. The van der Waals surface area contributed by atoms with E-state index in [1.54, 1.807) is 21.0 Å². The number of anilines is 2. The maximum atomic E-state index is 11.8. The Kier molecular flexibility index (Phi) is 3.99. The van der Waals surface area contributed by atoms with E-state index in [0.717, 1.165) is 11.3 Å². The average Bonchev–Trinajstić information content (AvgIpc) is 2.82. The molecule has 8 heteroatoms. The van der Waals surface area contributed by atoms with E-state index in [-0.39, 0.29) is 40.3 Å². The Morgan fingerprint density at radius 3 is 2.62 bits per heavy atom. The van der Waals surface area contributed by atoms with E-state index in [1.165, 1.54) is 10.3 Å². The first-order valence-electron chi connectivity index (χ1n) is 6.13. The molecule has 0 bridgehead atoms. The topological polar surface area (TPSA) is 95.9 Å². The zero-order valence-electron chi connectivity index (χ0n) is 11.7. The number of hydrogen-bond acceptors (Lipinski definition) is 7. The standard InChI is InChI=1S/C13H14N2O5S/c1-4-20-11-7(9(17)10(11)18)14-6-5-21-12(8(6)16)13(19)15(2)3/h5,14,16H,4H2,1-3H3. The second-order valence-corrected chi connectivity index (χ2v) is 5.33. The Morgan fingerprint density at radius 2 is 2.05 bits per heavy atom. The quantitative estimate of drug-likeness (QED) is 0.796. The number of amides is 1. The van der Waals surface area contributed by atoms with Gasteiger partial charge in [-0.1, -0.05) is 0 Å². The first kappa shape index (κ1) is 15.0. The summed E-state index contributed by atoms with van der Waals surface area (Å²) >= 11 is 1.04. The maximum Gasteiger partial charge on any atom is 0.272 e. The molecular weight excluding hydrogens is 296 g/mol. The predicted octanol–water partition coefficient (Wildman–Crippen LogP) is 0.894. The molecule has 1 heterocycles. The summed E-state index contributed by atoms with van der Waals surface area (Å²) in [5.74, 6) is -0.650. The number of carbonyl (C=O) groups is 1. The SMILES string of the molecule is CCOc1c(Nc2csc(C(=O)N(C)C)c2O)c(=O)c1=O. The molecule has 112 valence electrons. The molecule has 0 aliphatic heterocycles. The summed E-state index contributed by atoms with van der Waals surface area (Å²) in [5, 5.41) is 14.2. The summed E-state index contributed by atoms with van der Waals surface area (Å²) in [6, 6.07) is 0. The third-order valence-electron chi connectivity index (χ3n) is 2.78. The minimum absolute atomic E-state index is 0.00111. The van der Waals surface area contributed by atoms with Crippen molar-refractivity contribution in [2.45, 2.75) is 6.92 Å². The van der Waals surface area contributed by atoms with Gasteiger partial charge in [-0.25, -0.2) is 0 Å². The molecule has 0 atom stereocenters. The van der Waals surface area contributed by atoms with Crippen LogP contribution in [0.25, 0.3) is 0 Å². The van der Waals surface area contributed by atoms with Gasteiger partial charge in [-0.05, 0) is 6.92 Å². The van der Waals surface area contributed by atoms with Crippen LogP contribution in [0.3, 0.4) is 0 Å². The fourth-order valence-corrected chi connectivity index (χ4v) is 2.61. The molecule has 0 saturated carbocycles. The van der Waals surface area contributed by atoms with Crippen molar-refractivity contribution in [2.75, 3.05) is 26.0 Å². The van der Waals surface area contributed by atoms with E-state index >= 15 is 0 Å². The van der Waals surface area contributed by atoms with Crippen LogP contribution in [0, 0.1) is 0 Å². The highest BCUT2D eigenvalue weighted by molar-refractivity contribution is 7.13. The van der Waals surface area contributed by atoms with Crippen molar-refractivity contribution in [3.63, 3.8) is 0 Å². The van der Waals surface area contributed by atoms with Crippen LogP contribution < -0.4 is 20.9 Å². The third-order valence-corrected chi connectivity index (χ3v) is 3.74. The second kappa shape index (κ2) is 5.57. The third kappa shape index (κ3) is 2.49. The number of carbonyl (C=O) groups excluding carboxylic acids is 1. The van der Waals surface area contributed by atoms with Crippen LogP contribution in [0.15, 0.2) is 15.0 Å². The van der Waals surface area contributed by atoms with Crippen LogP contribution in [-0.2, 0) is 0 Å². The lowest BCUT2D eigenvalue weighted by atomic mass is 10.2. The van der Waals surface area contributed by atoms with E-state index in [9.17, 15) is 19.5 Å². The van der Waals surface area contributed by atoms with Crippen molar-refractivity contribution in [1.82, 2.24) is 4.90 Å². The van der Waals surface area contributed by atoms with Crippen molar-refractivity contribution in [3.05, 3.63) is 30.7 Å². The molecule has 0 fully saturated rings. The van der Waals surface area contributed by atoms with E-state index in [4.69, 9.17) is 4.74 Å². The fourth-order valence-electron chi connectivity index (χ4n) is 1.70. The van der Waals surface area contributed by atoms with Gasteiger partial charge in [0.15, 0.2) is 11.5 Å². The molecule has 0 saturated heterocycles. The molecule has 0 aliphatic rings. The molecule has 1 amide bonds. The molecule has 0 unspecified atom stereocenters. The summed E-state index contributed by atoms with van der Waals surface area (Å²) < 4.78 is 5.07. The van der Waals surface area contributed by atoms with Gasteiger partial charge in [0.25, 0.3) is 16.8 Å². The molecule has 0 aliphatic carbocycles. The number of nitrogens with one attached hydrogen (secondary N) is 1. The van der Waals surface area contributed by atoms with Crippen LogP contribution >= 0.6 is 11.3 Å². The van der Waals surface area contributed by atoms with Gasteiger partial charge < -0.3 is 20.1 Å². The van der Waals surface area contributed by atoms with Gasteiger partial charge in [0, 0.05) is 19.5 Å². The molecule has 0 spiro atoms. The van der Waals surface area contributed by atoms with Crippen molar-refractivity contribution >= 4 is 28.6 Å². The number of rotatable bonds is 5. The highest BCUT2D eigenvalue weighted by atomic mass is 32.1. The molecule has 1 aromatic carbocycles. The van der Waals surface area contributed by atoms with E-state index in [1.807, 2.05) is 0 Å². The zero-order valence-corrected chi connectivity index (χ0v) is 12.5. The summed E-state index contributed by atoms with van der Waals surface area (Å²) in [5.41, 5.74) is -1.21. The average molecular weight is 310 g/mol. The summed E-state index contributed by atoms with van der Waals surface area (Å²) in [6.45, 7) is 1.94. The van der Waals surface area contributed by atoms with Gasteiger partial charge >= 0.3 is 0 Å². The Labute approximate surface area is 124 Å². The monoisotopic (exact) mass is 310 g/mol. The first-order chi connectivity index (χ1) is 9.88. The van der Waals surface area contributed by atoms with Gasteiger partial charge in [0.2, 0.25) is 0 Å². The number of nitrogens with zero attached hydrogens (tertiary/aromatic N) is 1. The molecule has 7 nitrogen and oxygen atoms in total. The summed E-state index contributed by atoms with van der Waals surface area (Å²) in [4.78, 5) is 36.2. The lowest BCUT2D eigenvalue weighted by Crippen LogP contribution is -2.35. The Hall–Kier alpha value is -2.35. The normalized spacial score (nSPS) is 10.6. The molecule has 0 radical (unpaired) electrons. The lowest BCUT2D eigenvalue weighted by molar-refractivity contribution is 0.0829. The van der Waals surface area contributed by atoms with Gasteiger partial charge in [-0.15, -0.1) is 11.3 Å². The van der Waals surface area contributed by atoms with Crippen molar-refractivity contribution < 1.29 is 14.6 Å². The lowest BCUT2D eigenvalue weighted by Gasteiger charge is -2.13. The molecule has 21 heavy (non-hydrogen) atoms. The van der Waals surface area contributed by atoms with Crippen LogP contribution in [0.4, 0.5) is 11.4 Å². The fraction of sp³-hybridized carbons (Fsp3) is 0.308. The second-order valence-electron chi connectivity index (χ2n) is 4.45. The minimum atomic E-state index is -0.704. The van der Waals surface area contributed by atoms with Crippen LogP contribution in [-0.4, -0.2) is 36.6 Å². The number of thiophene rings is 1. The maximum absolute atomic E-state index is 11.8. The van der Waals surface area contributed by atoms with Crippen molar-refractivity contribution in [1.29, 1.82) is 0 Å². The molecule has 2 aromatic rings. The van der Waals surface area contributed by atoms with Gasteiger partial charge in [0.1, 0.15) is 10.6 Å². The Balaban J connectivity index is 2.30. The minimum Gasteiger partial charge on any atom is -0.504 e. The van der Waals surface area contributed by atoms with E-state index in [2.05, 4.69) is 5.32 Å². The van der Waals surface area contributed by atoms with Crippen molar-refractivity contribution in [3.8, 4) is 11.5 Å². The predicted molar refractivity (Wildman–Crippen MR) is 79.8 cm³/mol. The molecule has 1 aromatic heterocycles. The smallest absolute Gasteiger partial charge is 0.272 e. The van der Waals surface area contributed by atoms with Crippen LogP contribution in [0.5, 0.6) is 11.5 Å².